The summed E-state index contributed by atoms with van der Waals surface area (Å²) < 4.78 is 8.22. The number of hydrogen-bond acceptors (Lipinski definition) is 6. The van der Waals surface area contributed by atoms with Crippen molar-refractivity contribution in [2.75, 3.05) is 16.0 Å². The Balaban J connectivity index is 1.31. The molecular formula is C38H41BrN6O3. The maximum atomic E-state index is 13.3. The van der Waals surface area contributed by atoms with Gasteiger partial charge in [-0.25, -0.2) is 14.8 Å². The second-order valence-corrected chi connectivity index (χ2v) is 12.4. The number of amides is 2. The molecule has 0 fully saturated rings. The molecule has 2 aromatic heterocycles. The first-order valence-electron chi connectivity index (χ1n) is 16.2. The molecule has 0 atom stereocenters. The van der Waals surface area contributed by atoms with Gasteiger partial charge in [-0.1, -0.05) is 64.1 Å². The number of anilines is 4. The second-order valence-electron chi connectivity index (χ2n) is 11.5. The average Bonchev–Trinajstić information content (AvgIpc) is 3.45. The van der Waals surface area contributed by atoms with E-state index in [4.69, 9.17) is 9.72 Å². The normalized spacial score (nSPS) is 10.9. The first-order chi connectivity index (χ1) is 23.1. The van der Waals surface area contributed by atoms with Gasteiger partial charge in [0, 0.05) is 42.4 Å². The van der Waals surface area contributed by atoms with Gasteiger partial charge in [-0.2, -0.15) is 0 Å². The van der Waals surface area contributed by atoms with Crippen LogP contribution in [0.1, 0.15) is 65.9 Å². The molecule has 3 N–H and O–H groups in total. The van der Waals surface area contributed by atoms with Crippen LogP contribution in [0.2, 0.25) is 0 Å². The van der Waals surface area contributed by atoms with Gasteiger partial charge in [0.1, 0.15) is 5.69 Å². The fourth-order valence-corrected chi connectivity index (χ4v) is 6.12. The van der Waals surface area contributed by atoms with E-state index in [0.29, 0.717) is 27.4 Å². The van der Waals surface area contributed by atoms with Crippen molar-refractivity contribution >= 4 is 50.9 Å². The number of para-hydroxylation sites is 2. The fraction of sp³-hybridized carbons (Fsp3) is 0.263. The van der Waals surface area contributed by atoms with Crippen LogP contribution in [-0.2, 0) is 32.7 Å². The Labute approximate surface area is 290 Å². The van der Waals surface area contributed by atoms with Crippen molar-refractivity contribution in [1.82, 2.24) is 14.5 Å². The highest BCUT2D eigenvalue weighted by Crippen LogP contribution is 2.32. The predicted molar refractivity (Wildman–Crippen MR) is 197 cm³/mol. The maximum Gasteiger partial charge on any atom is 0.417 e. The minimum absolute atomic E-state index is 0.154. The van der Waals surface area contributed by atoms with Gasteiger partial charge in [0.15, 0.2) is 5.75 Å². The summed E-state index contributed by atoms with van der Waals surface area (Å²) in [6.45, 7) is 10.2. The van der Waals surface area contributed by atoms with Crippen LogP contribution in [0.3, 0.4) is 0 Å². The van der Waals surface area contributed by atoms with Crippen LogP contribution in [0, 0.1) is 6.92 Å². The lowest BCUT2D eigenvalue weighted by Crippen LogP contribution is -2.18. The minimum Gasteiger partial charge on any atom is -0.408 e. The Morgan fingerprint density at radius 2 is 1.42 bits per heavy atom. The van der Waals surface area contributed by atoms with Gasteiger partial charge >= 0.3 is 6.09 Å². The predicted octanol–water partition coefficient (Wildman–Crippen LogP) is 9.41. The quantitative estimate of drug-likeness (QED) is 0.126. The first-order valence-corrected chi connectivity index (χ1v) is 17.0. The third-order valence-electron chi connectivity index (χ3n) is 8.38. The number of aryl methyl sites for hydroxylation is 6. The van der Waals surface area contributed by atoms with Gasteiger partial charge in [0.2, 0.25) is 5.95 Å². The van der Waals surface area contributed by atoms with Crippen molar-refractivity contribution in [3.05, 3.63) is 111 Å². The molecule has 2 amide bonds. The lowest BCUT2D eigenvalue weighted by Gasteiger charge is -2.15. The van der Waals surface area contributed by atoms with E-state index in [1.165, 1.54) is 0 Å². The van der Waals surface area contributed by atoms with Crippen molar-refractivity contribution in [1.29, 1.82) is 0 Å². The van der Waals surface area contributed by atoms with Crippen LogP contribution in [0.5, 0.6) is 5.75 Å². The van der Waals surface area contributed by atoms with Crippen LogP contribution < -0.4 is 20.7 Å². The highest BCUT2D eigenvalue weighted by Gasteiger charge is 2.18. The molecule has 0 aliphatic rings. The number of nitrogens with zero attached hydrogens (tertiary/aromatic N) is 3. The molecule has 0 radical (unpaired) electrons. The topological polar surface area (TPSA) is 110 Å². The molecule has 0 saturated carbocycles. The highest BCUT2D eigenvalue weighted by molar-refractivity contribution is 9.10. The molecule has 10 heteroatoms. The Morgan fingerprint density at radius 1 is 0.833 bits per heavy atom. The van der Waals surface area contributed by atoms with Gasteiger partial charge in [0.05, 0.1) is 15.9 Å². The summed E-state index contributed by atoms with van der Waals surface area (Å²) in [4.78, 5) is 35.4. The van der Waals surface area contributed by atoms with E-state index >= 15 is 0 Å². The summed E-state index contributed by atoms with van der Waals surface area (Å²) in [7, 11) is 1.86. The number of hydrogen-bond donors (Lipinski definition) is 3. The van der Waals surface area contributed by atoms with Crippen molar-refractivity contribution in [2.24, 2.45) is 7.05 Å². The molecule has 248 valence electrons. The third-order valence-corrected chi connectivity index (χ3v) is 8.96. The Kier molecular flexibility index (Phi) is 11.0. The monoisotopic (exact) mass is 708 g/mol. The van der Waals surface area contributed by atoms with E-state index in [9.17, 15) is 9.59 Å². The number of rotatable bonds is 11. The van der Waals surface area contributed by atoms with E-state index < -0.39 is 6.09 Å². The minimum atomic E-state index is -0.556. The molecule has 9 nitrogen and oxygen atoms in total. The number of ether oxygens (including phenoxy) is 1. The summed E-state index contributed by atoms with van der Waals surface area (Å²) in [6.07, 6.45) is 6.11. The largest absolute Gasteiger partial charge is 0.417 e. The van der Waals surface area contributed by atoms with Gasteiger partial charge in [-0.05, 0) is 94.6 Å². The Hall–Kier alpha value is -4.96. The molecule has 3 aromatic carbocycles. The second kappa shape index (κ2) is 15.3. The van der Waals surface area contributed by atoms with Gasteiger partial charge in [-0.15, -0.1) is 0 Å². The molecule has 0 spiro atoms. The number of nitrogens with one attached hydrogen (secondary N) is 3. The molecule has 5 aromatic rings. The Morgan fingerprint density at radius 3 is 1.98 bits per heavy atom. The SMILES string of the molecule is CCc1cccc(CC)c1NC(=O)Oc1cc(-c2nc(Nc3ccc(C(=O)Nc4c(CC)cccc4CC)cc3C)ncc2Br)n(C)c1. The average molecular weight is 710 g/mol. The van der Waals surface area contributed by atoms with E-state index in [1.54, 1.807) is 24.5 Å². The molecule has 2 heterocycles. The lowest BCUT2D eigenvalue weighted by atomic mass is 10.0. The summed E-state index contributed by atoms with van der Waals surface area (Å²) in [5, 5.41) is 9.37. The summed E-state index contributed by atoms with van der Waals surface area (Å²) in [5.41, 5.74) is 9.58. The van der Waals surface area contributed by atoms with Crippen LogP contribution >= 0.6 is 15.9 Å². The van der Waals surface area contributed by atoms with Gasteiger partial charge in [-0.3, -0.25) is 10.1 Å². The van der Waals surface area contributed by atoms with Crippen LogP contribution in [0.25, 0.3) is 11.4 Å². The molecule has 0 unspecified atom stereocenters. The van der Waals surface area contributed by atoms with E-state index in [0.717, 1.165) is 76.3 Å². The third kappa shape index (κ3) is 7.60. The number of carbonyl (C=O) groups excluding carboxylic acids is 2. The molecule has 48 heavy (non-hydrogen) atoms. The summed E-state index contributed by atoms with van der Waals surface area (Å²) >= 11 is 3.58. The first kappa shape index (κ1) is 34.4. The van der Waals surface area contributed by atoms with Gasteiger partial charge in [0.25, 0.3) is 5.91 Å². The zero-order chi connectivity index (χ0) is 34.4. The fourth-order valence-electron chi connectivity index (χ4n) is 5.72. The number of aromatic nitrogens is 3. The maximum absolute atomic E-state index is 13.3. The standard InChI is InChI=1S/C38H41BrN6O3/c1-7-24-13-11-14-25(8-2)33(24)42-36(46)28-17-18-31(23(5)19-28)41-37-40-21-30(39)35(43-37)32-20-29(22-45(32)6)48-38(47)44-34-26(9-3)15-12-16-27(34)10-4/h11-22H,7-10H2,1-6H3,(H,42,46)(H,44,47)(H,40,41,43). The number of benzene rings is 3. The van der Waals surface area contributed by atoms with Crippen molar-refractivity contribution in [3.8, 4) is 17.1 Å². The lowest BCUT2D eigenvalue weighted by molar-refractivity contribution is 0.102. The Bertz CT molecular complexity index is 1920. The molecular weight excluding hydrogens is 668 g/mol. The van der Waals surface area contributed by atoms with Crippen molar-refractivity contribution in [2.45, 2.75) is 60.3 Å². The van der Waals surface area contributed by atoms with Crippen molar-refractivity contribution in [3.63, 3.8) is 0 Å². The molecule has 0 aliphatic heterocycles. The van der Waals surface area contributed by atoms with E-state index in [1.807, 2.05) is 54.9 Å². The van der Waals surface area contributed by atoms with Gasteiger partial charge < -0.3 is 19.9 Å². The molecule has 0 bridgehead atoms. The molecule has 0 aliphatic carbocycles. The van der Waals surface area contributed by atoms with Crippen LogP contribution in [-0.4, -0.2) is 26.5 Å². The van der Waals surface area contributed by atoms with Crippen LogP contribution in [0.15, 0.2) is 77.5 Å². The summed E-state index contributed by atoms with van der Waals surface area (Å²) in [6, 6.07) is 19.4. The smallest absolute Gasteiger partial charge is 0.408 e. The number of halogens is 1. The zero-order valence-corrected chi connectivity index (χ0v) is 29.8. The molecule has 5 rings (SSSR count). The zero-order valence-electron chi connectivity index (χ0n) is 28.2. The molecule has 0 saturated heterocycles. The van der Waals surface area contributed by atoms with E-state index in [-0.39, 0.29) is 5.91 Å². The summed E-state index contributed by atoms with van der Waals surface area (Å²) in [5.74, 6) is 0.607. The van der Waals surface area contributed by atoms with Crippen molar-refractivity contribution < 1.29 is 14.3 Å². The number of carbonyl (C=O) groups is 2. The van der Waals surface area contributed by atoms with Crippen LogP contribution in [0.4, 0.5) is 27.8 Å². The van der Waals surface area contributed by atoms with E-state index in [2.05, 4.69) is 76.7 Å². The highest BCUT2D eigenvalue weighted by atomic mass is 79.9.